The molecule has 2 N–H and O–H groups in total. The van der Waals surface area contributed by atoms with Crippen LogP contribution in [0.2, 0.25) is 10.0 Å². The molecule has 29 heavy (non-hydrogen) atoms. The summed E-state index contributed by atoms with van der Waals surface area (Å²) in [6.07, 6.45) is -5.76. The maximum absolute atomic E-state index is 14.1. The summed E-state index contributed by atoms with van der Waals surface area (Å²) in [7, 11) is 1.38. The average Bonchev–Trinajstić information content (AvgIpc) is 2.57. The van der Waals surface area contributed by atoms with Crippen molar-refractivity contribution >= 4 is 23.2 Å². The van der Waals surface area contributed by atoms with Crippen LogP contribution in [-0.4, -0.2) is 18.8 Å². The summed E-state index contributed by atoms with van der Waals surface area (Å²) in [6.45, 7) is 4.77. The summed E-state index contributed by atoms with van der Waals surface area (Å²) >= 11 is 12.1. The smallest absolute Gasteiger partial charge is 0.406 e. The van der Waals surface area contributed by atoms with E-state index in [4.69, 9.17) is 33.7 Å². The second-order valence-corrected chi connectivity index (χ2v) is 8.75. The minimum absolute atomic E-state index is 0.228. The molecule has 8 heteroatoms. The Morgan fingerprint density at radius 1 is 1.07 bits per heavy atom. The summed E-state index contributed by atoms with van der Waals surface area (Å²) in [5.74, 6) is -0.274. The van der Waals surface area contributed by atoms with Crippen molar-refractivity contribution in [2.24, 2.45) is 5.73 Å². The second kappa shape index (κ2) is 8.32. The van der Waals surface area contributed by atoms with Crippen molar-refractivity contribution in [3.63, 3.8) is 0 Å². The van der Waals surface area contributed by atoms with E-state index in [0.29, 0.717) is 22.4 Å². The molecule has 0 spiro atoms. The van der Waals surface area contributed by atoms with Crippen molar-refractivity contribution in [1.29, 1.82) is 0 Å². The molecule has 2 aromatic carbocycles. The van der Waals surface area contributed by atoms with Crippen LogP contribution in [0.5, 0.6) is 5.75 Å². The molecule has 0 aliphatic carbocycles. The van der Waals surface area contributed by atoms with Gasteiger partial charge in [-0.05, 0) is 66.6 Å². The Morgan fingerprint density at radius 3 is 2.24 bits per heavy atom. The molecule has 2 aromatic rings. The lowest BCUT2D eigenvalue weighted by Crippen LogP contribution is -2.58. The molecule has 1 atom stereocenters. The van der Waals surface area contributed by atoms with Gasteiger partial charge in [0.25, 0.3) is 0 Å². The van der Waals surface area contributed by atoms with Gasteiger partial charge in [-0.2, -0.15) is 13.2 Å². The molecule has 0 fully saturated rings. The number of ether oxygens (including phenoxy) is 1. The molecule has 0 radical (unpaired) electrons. The van der Waals surface area contributed by atoms with E-state index in [1.165, 1.54) is 37.4 Å². The third-order valence-electron chi connectivity index (χ3n) is 5.14. The summed E-state index contributed by atoms with van der Waals surface area (Å²) in [6, 6.07) is 6.66. The molecule has 0 bridgehead atoms. The number of hydrogen-bond donors (Lipinski definition) is 1. The van der Waals surface area contributed by atoms with Gasteiger partial charge < -0.3 is 10.5 Å². The average molecular weight is 452 g/mol. The zero-order valence-corrected chi connectivity index (χ0v) is 18.1. The Hall–Kier alpha value is -1.50. The standard InChI is InChI=1S/C21H23Cl2F4NO/c1-12-13(7-14(22)8-17(12)23)10-20(28,21(25,26)27)11-19(2,3)16-9-15(24)5-6-18(16)29-4/h5-9H,10-11,28H2,1-4H3. The van der Waals surface area contributed by atoms with Crippen molar-refractivity contribution in [2.75, 3.05) is 7.11 Å². The fourth-order valence-corrected chi connectivity index (χ4v) is 4.11. The van der Waals surface area contributed by atoms with Gasteiger partial charge in [-0.25, -0.2) is 4.39 Å². The van der Waals surface area contributed by atoms with Crippen LogP contribution < -0.4 is 10.5 Å². The highest BCUT2D eigenvalue weighted by Crippen LogP contribution is 2.44. The maximum Gasteiger partial charge on any atom is 0.406 e. The molecule has 160 valence electrons. The van der Waals surface area contributed by atoms with Crippen LogP contribution in [-0.2, 0) is 11.8 Å². The molecule has 0 saturated carbocycles. The lowest BCUT2D eigenvalue weighted by molar-refractivity contribution is -0.191. The van der Waals surface area contributed by atoms with Crippen LogP contribution in [0.25, 0.3) is 0 Å². The van der Waals surface area contributed by atoms with Crippen LogP contribution in [0, 0.1) is 12.7 Å². The van der Waals surface area contributed by atoms with E-state index in [9.17, 15) is 17.6 Å². The van der Waals surface area contributed by atoms with E-state index >= 15 is 0 Å². The van der Waals surface area contributed by atoms with Crippen molar-refractivity contribution < 1.29 is 22.3 Å². The lowest BCUT2D eigenvalue weighted by Gasteiger charge is -2.40. The number of halogens is 6. The van der Waals surface area contributed by atoms with E-state index in [1.807, 2.05) is 0 Å². The minimum atomic E-state index is -4.73. The number of alkyl halides is 3. The SMILES string of the molecule is COc1ccc(F)cc1C(C)(C)CC(N)(Cc1cc(Cl)cc(Cl)c1C)C(F)(F)F. The largest absolute Gasteiger partial charge is 0.496 e. The van der Waals surface area contributed by atoms with Crippen LogP contribution in [0.15, 0.2) is 30.3 Å². The van der Waals surface area contributed by atoms with E-state index in [1.54, 1.807) is 20.8 Å². The van der Waals surface area contributed by atoms with Crippen LogP contribution in [0.3, 0.4) is 0 Å². The molecule has 2 nitrogen and oxygen atoms in total. The van der Waals surface area contributed by atoms with Crippen molar-refractivity contribution in [1.82, 2.24) is 0 Å². The molecule has 1 unspecified atom stereocenters. The predicted molar refractivity (Wildman–Crippen MR) is 108 cm³/mol. The van der Waals surface area contributed by atoms with Gasteiger partial charge in [0.2, 0.25) is 0 Å². The molecular formula is C21H23Cl2F4NO. The van der Waals surface area contributed by atoms with E-state index < -0.39 is 35.8 Å². The van der Waals surface area contributed by atoms with Crippen molar-refractivity contribution in [3.8, 4) is 5.75 Å². The van der Waals surface area contributed by atoms with Gasteiger partial charge in [-0.3, -0.25) is 0 Å². The van der Waals surface area contributed by atoms with Gasteiger partial charge in [0, 0.05) is 15.6 Å². The topological polar surface area (TPSA) is 35.2 Å². The second-order valence-electron chi connectivity index (χ2n) is 7.91. The first-order chi connectivity index (χ1) is 13.2. The van der Waals surface area contributed by atoms with Gasteiger partial charge >= 0.3 is 6.18 Å². The number of rotatable bonds is 6. The number of benzene rings is 2. The molecule has 0 aromatic heterocycles. The molecule has 2 rings (SSSR count). The third kappa shape index (κ3) is 5.16. The predicted octanol–water partition coefficient (Wildman–Crippen LogP) is 6.62. The molecule has 0 aliphatic rings. The number of nitrogens with two attached hydrogens (primary N) is 1. The van der Waals surface area contributed by atoms with Gasteiger partial charge in [0.15, 0.2) is 0 Å². The van der Waals surface area contributed by atoms with Crippen LogP contribution >= 0.6 is 23.2 Å². The Balaban J connectivity index is 2.52. The zero-order valence-electron chi connectivity index (χ0n) is 16.6. The minimum Gasteiger partial charge on any atom is -0.496 e. The van der Waals surface area contributed by atoms with E-state index in [-0.39, 0.29) is 10.0 Å². The van der Waals surface area contributed by atoms with Crippen molar-refractivity contribution in [2.45, 2.75) is 50.7 Å². The first kappa shape index (κ1) is 23.8. The highest BCUT2D eigenvalue weighted by Gasteiger charge is 2.54. The quantitative estimate of drug-likeness (QED) is 0.500. The van der Waals surface area contributed by atoms with Gasteiger partial charge in [0.05, 0.1) is 7.11 Å². The summed E-state index contributed by atoms with van der Waals surface area (Å²) < 4.78 is 61.5. The molecule has 0 amide bonds. The van der Waals surface area contributed by atoms with Crippen molar-refractivity contribution in [3.05, 3.63) is 62.9 Å². The van der Waals surface area contributed by atoms with Crippen LogP contribution in [0.4, 0.5) is 17.6 Å². The fraction of sp³-hybridized carbons (Fsp3) is 0.429. The molecule has 0 aliphatic heterocycles. The molecule has 0 heterocycles. The highest BCUT2D eigenvalue weighted by molar-refractivity contribution is 6.35. The maximum atomic E-state index is 14.1. The summed E-state index contributed by atoms with van der Waals surface area (Å²) in [5.41, 5.74) is 3.33. The summed E-state index contributed by atoms with van der Waals surface area (Å²) in [5, 5.41) is 0.495. The third-order valence-corrected chi connectivity index (χ3v) is 5.75. The van der Waals surface area contributed by atoms with Gasteiger partial charge in [-0.1, -0.05) is 37.0 Å². The van der Waals surface area contributed by atoms with Gasteiger partial charge in [0.1, 0.15) is 17.1 Å². The normalized spacial score (nSPS) is 14.6. The summed E-state index contributed by atoms with van der Waals surface area (Å²) in [4.78, 5) is 0. The molecule has 0 saturated heterocycles. The first-order valence-electron chi connectivity index (χ1n) is 8.84. The molecular weight excluding hydrogens is 429 g/mol. The zero-order chi connectivity index (χ0) is 22.2. The lowest BCUT2D eigenvalue weighted by atomic mass is 9.71. The Morgan fingerprint density at radius 2 is 1.69 bits per heavy atom. The number of hydrogen-bond acceptors (Lipinski definition) is 2. The highest BCUT2D eigenvalue weighted by atomic mass is 35.5. The number of methoxy groups -OCH3 is 1. The Kier molecular flexibility index (Phi) is 6.82. The Bertz CT molecular complexity index is 899. The van der Waals surface area contributed by atoms with Crippen LogP contribution in [0.1, 0.15) is 37.0 Å². The van der Waals surface area contributed by atoms with Gasteiger partial charge in [-0.15, -0.1) is 0 Å². The van der Waals surface area contributed by atoms with E-state index in [0.717, 1.165) is 0 Å². The fourth-order valence-electron chi connectivity index (χ4n) is 3.58. The Labute approximate surface area is 177 Å². The monoisotopic (exact) mass is 451 g/mol. The van der Waals surface area contributed by atoms with E-state index in [2.05, 4.69) is 0 Å². The first-order valence-corrected chi connectivity index (χ1v) is 9.60.